The Morgan fingerprint density at radius 3 is 2.66 bits per heavy atom. The SMILES string of the molecule is CC(=O)N1CCOC(CN2CCN(c3ccc4c(=O)n(C5CCCC5)cnc4c3)CC2)C1. The quantitative estimate of drug-likeness (QED) is 0.725. The minimum Gasteiger partial charge on any atom is -0.373 e. The lowest BCUT2D eigenvalue weighted by Crippen LogP contribution is -2.53. The van der Waals surface area contributed by atoms with Crippen molar-refractivity contribution in [1.29, 1.82) is 0 Å². The van der Waals surface area contributed by atoms with Gasteiger partial charge in [0.2, 0.25) is 5.91 Å². The maximum absolute atomic E-state index is 13.0. The van der Waals surface area contributed by atoms with Crippen LogP contribution in [0.15, 0.2) is 29.3 Å². The number of fused-ring (bicyclic) bond motifs is 1. The molecule has 0 bridgehead atoms. The molecule has 2 saturated heterocycles. The summed E-state index contributed by atoms with van der Waals surface area (Å²) in [6.07, 6.45) is 6.38. The number of piperazine rings is 1. The van der Waals surface area contributed by atoms with Crippen molar-refractivity contribution < 1.29 is 9.53 Å². The number of morpholine rings is 1. The third-order valence-electron chi connectivity index (χ3n) is 7.27. The minimum atomic E-state index is 0.0883. The lowest BCUT2D eigenvalue weighted by molar-refractivity contribution is -0.137. The molecule has 1 aromatic heterocycles. The number of carbonyl (C=O) groups excluding carboxylic acids is 1. The number of rotatable bonds is 4. The highest BCUT2D eigenvalue weighted by Gasteiger charge is 2.26. The van der Waals surface area contributed by atoms with Gasteiger partial charge in [-0.15, -0.1) is 0 Å². The van der Waals surface area contributed by atoms with Crippen molar-refractivity contribution in [3.8, 4) is 0 Å². The number of hydrogen-bond acceptors (Lipinski definition) is 6. The number of benzene rings is 1. The van der Waals surface area contributed by atoms with Crippen molar-refractivity contribution in [2.45, 2.75) is 44.8 Å². The van der Waals surface area contributed by atoms with Crippen molar-refractivity contribution in [3.05, 3.63) is 34.9 Å². The second-order valence-corrected chi connectivity index (χ2v) is 9.34. The highest BCUT2D eigenvalue weighted by molar-refractivity contribution is 5.81. The smallest absolute Gasteiger partial charge is 0.261 e. The lowest BCUT2D eigenvalue weighted by atomic mass is 10.1. The molecule has 0 radical (unpaired) electrons. The number of nitrogens with zero attached hydrogens (tertiary/aromatic N) is 5. The monoisotopic (exact) mass is 439 g/mol. The highest BCUT2D eigenvalue weighted by atomic mass is 16.5. The molecule has 2 aromatic rings. The van der Waals surface area contributed by atoms with Crippen LogP contribution in [0, 0.1) is 0 Å². The van der Waals surface area contributed by atoms with Crippen molar-refractivity contribution in [3.63, 3.8) is 0 Å². The molecule has 1 aliphatic carbocycles. The summed E-state index contributed by atoms with van der Waals surface area (Å²) in [5.41, 5.74) is 1.99. The van der Waals surface area contributed by atoms with Crippen LogP contribution in [0.25, 0.3) is 10.9 Å². The van der Waals surface area contributed by atoms with E-state index < -0.39 is 0 Å². The predicted octanol–water partition coefficient (Wildman–Crippen LogP) is 1.88. The first-order chi connectivity index (χ1) is 15.6. The number of aromatic nitrogens is 2. The van der Waals surface area contributed by atoms with Crippen LogP contribution >= 0.6 is 0 Å². The summed E-state index contributed by atoms with van der Waals surface area (Å²) in [6.45, 7) is 8.24. The van der Waals surface area contributed by atoms with Crippen LogP contribution in [0.5, 0.6) is 0 Å². The molecule has 0 N–H and O–H groups in total. The third-order valence-corrected chi connectivity index (χ3v) is 7.27. The zero-order chi connectivity index (χ0) is 22.1. The molecule has 32 heavy (non-hydrogen) atoms. The van der Waals surface area contributed by atoms with Gasteiger partial charge in [-0.1, -0.05) is 12.8 Å². The van der Waals surface area contributed by atoms with Crippen molar-refractivity contribution in [1.82, 2.24) is 19.4 Å². The zero-order valence-electron chi connectivity index (χ0n) is 18.9. The van der Waals surface area contributed by atoms with Gasteiger partial charge in [0.05, 0.1) is 29.9 Å². The van der Waals surface area contributed by atoms with Gasteiger partial charge in [0.1, 0.15) is 0 Å². The maximum Gasteiger partial charge on any atom is 0.261 e. The molecule has 1 saturated carbocycles. The van der Waals surface area contributed by atoms with Gasteiger partial charge in [-0.25, -0.2) is 4.98 Å². The average molecular weight is 440 g/mol. The topological polar surface area (TPSA) is 70.9 Å². The first-order valence-electron chi connectivity index (χ1n) is 11.9. The fourth-order valence-corrected chi connectivity index (χ4v) is 5.36. The molecule has 3 heterocycles. The Morgan fingerprint density at radius 1 is 1.12 bits per heavy atom. The Morgan fingerprint density at radius 2 is 1.91 bits per heavy atom. The number of anilines is 1. The Bertz CT molecular complexity index is 1020. The zero-order valence-corrected chi connectivity index (χ0v) is 18.9. The van der Waals surface area contributed by atoms with E-state index in [0.29, 0.717) is 31.1 Å². The van der Waals surface area contributed by atoms with Crippen molar-refractivity contribution in [2.75, 3.05) is 57.3 Å². The second-order valence-electron chi connectivity index (χ2n) is 9.34. The Labute approximate surface area is 188 Å². The van der Waals surface area contributed by atoms with E-state index in [-0.39, 0.29) is 17.6 Å². The van der Waals surface area contributed by atoms with E-state index in [4.69, 9.17) is 4.74 Å². The average Bonchev–Trinajstić information content (AvgIpc) is 3.34. The van der Waals surface area contributed by atoms with Crippen LogP contribution in [0.3, 0.4) is 0 Å². The summed E-state index contributed by atoms with van der Waals surface area (Å²) in [7, 11) is 0. The van der Waals surface area contributed by atoms with Gasteiger partial charge < -0.3 is 14.5 Å². The molecule has 2 aliphatic heterocycles. The van der Waals surface area contributed by atoms with E-state index in [0.717, 1.165) is 56.8 Å². The van der Waals surface area contributed by atoms with Crippen molar-refractivity contribution in [2.24, 2.45) is 0 Å². The number of hydrogen-bond donors (Lipinski definition) is 0. The Balaban J connectivity index is 1.21. The third kappa shape index (κ3) is 4.38. The van der Waals surface area contributed by atoms with E-state index in [1.54, 1.807) is 13.3 Å². The number of carbonyl (C=O) groups is 1. The molecule has 3 aliphatic rings. The molecular formula is C24H33N5O3. The predicted molar refractivity (Wildman–Crippen MR) is 124 cm³/mol. The standard InChI is InChI=1S/C24H33N5O3/c1-18(30)28-12-13-32-21(16-28)15-26-8-10-27(11-9-26)20-6-7-22-23(14-20)25-17-29(24(22)31)19-4-2-3-5-19/h6-7,14,17,19,21H,2-5,8-13,15-16H2,1H3. The van der Waals surface area contributed by atoms with Gasteiger partial charge in [0, 0.05) is 64.5 Å². The normalized spacial score (nSPS) is 23.2. The molecule has 1 aromatic carbocycles. The molecule has 8 nitrogen and oxygen atoms in total. The maximum atomic E-state index is 13.0. The Hall–Kier alpha value is -2.45. The van der Waals surface area contributed by atoms with E-state index in [1.807, 2.05) is 15.5 Å². The van der Waals surface area contributed by atoms with E-state index in [1.165, 1.54) is 12.8 Å². The van der Waals surface area contributed by atoms with Gasteiger partial charge in [-0.05, 0) is 31.0 Å². The molecule has 8 heteroatoms. The molecule has 5 rings (SSSR count). The molecule has 172 valence electrons. The van der Waals surface area contributed by atoms with Crippen LogP contribution < -0.4 is 10.5 Å². The van der Waals surface area contributed by atoms with Gasteiger partial charge in [-0.3, -0.25) is 19.1 Å². The summed E-state index contributed by atoms with van der Waals surface area (Å²) < 4.78 is 7.73. The summed E-state index contributed by atoms with van der Waals surface area (Å²) in [5, 5.41) is 0.714. The number of ether oxygens (including phenoxy) is 1. The summed E-state index contributed by atoms with van der Waals surface area (Å²) >= 11 is 0. The molecule has 0 spiro atoms. The molecule has 1 unspecified atom stereocenters. The second kappa shape index (κ2) is 9.19. The lowest BCUT2D eigenvalue weighted by Gasteiger charge is -2.39. The van der Waals surface area contributed by atoms with Crippen LogP contribution in [0.2, 0.25) is 0 Å². The van der Waals surface area contributed by atoms with E-state index in [9.17, 15) is 9.59 Å². The van der Waals surface area contributed by atoms with Crippen LogP contribution in [-0.4, -0.2) is 83.8 Å². The van der Waals surface area contributed by atoms with Crippen LogP contribution in [0.1, 0.15) is 38.6 Å². The highest BCUT2D eigenvalue weighted by Crippen LogP contribution is 2.28. The van der Waals surface area contributed by atoms with E-state index >= 15 is 0 Å². The number of amides is 1. The van der Waals surface area contributed by atoms with Gasteiger partial charge in [0.15, 0.2) is 0 Å². The molecular weight excluding hydrogens is 406 g/mol. The van der Waals surface area contributed by atoms with Crippen LogP contribution in [0.4, 0.5) is 5.69 Å². The Kier molecular flexibility index (Phi) is 6.15. The summed E-state index contributed by atoms with van der Waals surface area (Å²) in [4.78, 5) is 35.9. The first-order valence-corrected chi connectivity index (χ1v) is 11.9. The largest absolute Gasteiger partial charge is 0.373 e. The van der Waals surface area contributed by atoms with Gasteiger partial charge in [-0.2, -0.15) is 0 Å². The fraction of sp³-hybridized carbons (Fsp3) is 0.625. The van der Waals surface area contributed by atoms with Gasteiger partial charge >= 0.3 is 0 Å². The summed E-state index contributed by atoms with van der Waals surface area (Å²) in [6, 6.07) is 6.38. The van der Waals surface area contributed by atoms with Gasteiger partial charge in [0.25, 0.3) is 5.56 Å². The summed E-state index contributed by atoms with van der Waals surface area (Å²) in [5.74, 6) is 0.128. The van der Waals surface area contributed by atoms with E-state index in [2.05, 4.69) is 26.9 Å². The molecule has 1 atom stereocenters. The van der Waals surface area contributed by atoms with Crippen molar-refractivity contribution >= 4 is 22.5 Å². The minimum absolute atomic E-state index is 0.0883. The molecule has 3 fully saturated rings. The first kappa shape index (κ1) is 21.4. The van der Waals surface area contributed by atoms with Crippen LogP contribution in [-0.2, 0) is 9.53 Å². The fourth-order valence-electron chi connectivity index (χ4n) is 5.36. The molecule has 1 amide bonds.